The summed E-state index contributed by atoms with van der Waals surface area (Å²) < 4.78 is 5.00. The van der Waals surface area contributed by atoms with E-state index in [1.54, 1.807) is 0 Å². The highest BCUT2D eigenvalue weighted by Crippen LogP contribution is 2.48. The third-order valence-electron chi connectivity index (χ3n) is 11.9. The summed E-state index contributed by atoms with van der Waals surface area (Å²) >= 11 is 1.86. The van der Waals surface area contributed by atoms with Gasteiger partial charge in [0.05, 0.1) is 22.4 Å². The lowest BCUT2D eigenvalue weighted by molar-refractivity contribution is 1.19. The Bertz CT molecular complexity index is 3520. The molecule has 2 aromatic heterocycles. The van der Waals surface area contributed by atoms with Crippen LogP contribution >= 0.6 is 11.3 Å². The lowest BCUT2D eigenvalue weighted by Crippen LogP contribution is -2.11. The maximum Gasteiger partial charge on any atom is 0.0555 e. The molecule has 276 valence electrons. The molecule has 0 fully saturated rings. The monoisotopic (exact) mass is 768 g/mol. The molecule has 0 saturated heterocycles. The van der Waals surface area contributed by atoms with Crippen LogP contribution < -0.4 is 4.90 Å². The van der Waals surface area contributed by atoms with E-state index >= 15 is 0 Å². The normalized spacial score (nSPS) is 11.7. The first-order valence-corrected chi connectivity index (χ1v) is 21.0. The highest BCUT2D eigenvalue weighted by atomic mass is 32.1. The number of hydrogen-bond acceptors (Lipinski definition) is 2. The summed E-state index contributed by atoms with van der Waals surface area (Å²) in [6, 6.07) is 80.1. The maximum absolute atomic E-state index is 2.49. The van der Waals surface area contributed by atoms with E-state index in [1.807, 2.05) is 11.3 Å². The first-order valence-electron chi connectivity index (χ1n) is 20.2. The molecule has 3 heteroatoms. The zero-order valence-corrected chi connectivity index (χ0v) is 32.9. The minimum absolute atomic E-state index is 1.10. The topological polar surface area (TPSA) is 8.17 Å². The van der Waals surface area contributed by atoms with Crippen LogP contribution in [0.2, 0.25) is 0 Å². The predicted octanol–water partition coefficient (Wildman–Crippen LogP) is 16.3. The van der Waals surface area contributed by atoms with Gasteiger partial charge in [0.1, 0.15) is 0 Å². The maximum atomic E-state index is 2.49. The van der Waals surface area contributed by atoms with E-state index in [0.717, 1.165) is 22.7 Å². The van der Waals surface area contributed by atoms with Crippen LogP contribution in [0.25, 0.3) is 91.5 Å². The molecule has 10 aromatic carbocycles. The number of benzene rings is 10. The van der Waals surface area contributed by atoms with Crippen molar-refractivity contribution in [1.82, 2.24) is 4.57 Å². The Morgan fingerprint density at radius 2 is 0.949 bits per heavy atom. The van der Waals surface area contributed by atoms with E-state index in [2.05, 4.69) is 228 Å². The molecule has 0 atom stereocenters. The molecule has 12 aromatic rings. The summed E-state index contributed by atoms with van der Waals surface area (Å²) in [4.78, 5) is 2.49. The Morgan fingerprint density at radius 1 is 0.356 bits per heavy atom. The van der Waals surface area contributed by atoms with Gasteiger partial charge >= 0.3 is 0 Å². The van der Waals surface area contributed by atoms with Crippen molar-refractivity contribution in [3.63, 3.8) is 0 Å². The molecular formula is C56H36N2S. The average molecular weight is 769 g/mol. The van der Waals surface area contributed by atoms with Crippen LogP contribution in [0, 0.1) is 0 Å². The van der Waals surface area contributed by atoms with E-state index in [9.17, 15) is 0 Å². The van der Waals surface area contributed by atoms with E-state index < -0.39 is 0 Å². The number of rotatable bonds is 6. The Hall–Kier alpha value is -7.46. The van der Waals surface area contributed by atoms with Gasteiger partial charge in [-0.3, -0.25) is 0 Å². The van der Waals surface area contributed by atoms with E-state index in [-0.39, 0.29) is 0 Å². The smallest absolute Gasteiger partial charge is 0.0555 e. The summed E-state index contributed by atoms with van der Waals surface area (Å²) in [5.74, 6) is 0. The molecule has 0 radical (unpaired) electrons. The number of aromatic nitrogens is 1. The van der Waals surface area contributed by atoms with Gasteiger partial charge in [-0.25, -0.2) is 0 Å². The molecule has 0 unspecified atom stereocenters. The zero-order valence-electron chi connectivity index (χ0n) is 32.1. The first kappa shape index (κ1) is 33.7. The van der Waals surface area contributed by atoms with E-state index in [0.29, 0.717) is 0 Å². The van der Waals surface area contributed by atoms with Crippen molar-refractivity contribution < 1.29 is 0 Å². The molecule has 0 aliphatic carbocycles. The first-order chi connectivity index (χ1) is 29.3. The second kappa shape index (κ2) is 13.6. The molecule has 0 saturated carbocycles. The number of nitrogens with zero attached hydrogens (tertiary/aromatic N) is 2. The fourth-order valence-electron chi connectivity index (χ4n) is 9.27. The van der Waals surface area contributed by atoms with E-state index in [4.69, 9.17) is 0 Å². The molecule has 2 nitrogen and oxygen atoms in total. The van der Waals surface area contributed by atoms with Gasteiger partial charge in [-0.05, 0) is 105 Å². The van der Waals surface area contributed by atoms with Crippen molar-refractivity contribution in [1.29, 1.82) is 0 Å². The number of hydrogen-bond donors (Lipinski definition) is 0. The summed E-state index contributed by atoms with van der Waals surface area (Å²) in [5.41, 5.74) is 11.7. The van der Waals surface area contributed by atoms with Crippen molar-refractivity contribution in [2.24, 2.45) is 0 Å². The van der Waals surface area contributed by atoms with Crippen LogP contribution in [0.5, 0.6) is 0 Å². The lowest BCUT2D eigenvalue weighted by atomic mass is 9.94. The molecule has 0 N–H and O–H groups in total. The minimum Gasteiger partial charge on any atom is -0.309 e. The van der Waals surface area contributed by atoms with Gasteiger partial charge in [0.15, 0.2) is 0 Å². The predicted molar refractivity (Wildman–Crippen MR) is 254 cm³/mol. The molecule has 12 rings (SSSR count). The van der Waals surface area contributed by atoms with Gasteiger partial charge in [0, 0.05) is 47.9 Å². The van der Waals surface area contributed by atoms with Crippen LogP contribution in [0.3, 0.4) is 0 Å². The highest BCUT2D eigenvalue weighted by molar-refractivity contribution is 7.26. The third kappa shape index (κ3) is 5.47. The fourth-order valence-corrected chi connectivity index (χ4v) is 10.4. The zero-order chi connectivity index (χ0) is 38.9. The van der Waals surface area contributed by atoms with Gasteiger partial charge < -0.3 is 9.47 Å². The van der Waals surface area contributed by atoms with Gasteiger partial charge in [-0.2, -0.15) is 0 Å². The van der Waals surface area contributed by atoms with Crippen molar-refractivity contribution in [3.8, 4) is 27.9 Å². The Labute approximate surface area is 346 Å². The van der Waals surface area contributed by atoms with Crippen LogP contribution in [-0.4, -0.2) is 4.57 Å². The second-order valence-corrected chi connectivity index (χ2v) is 16.4. The Balaban J connectivity index is 1.11. The molecule has 0 bridgehead atoms. The third-order valence-corrected chi connectivity index (χ3v) is 13.1. The lowest BCUT2D eigenvalue weighted by Gasteiger charge is -2.29. The Kier molecular flexibility index (Phi) is 7.75. The van der Waals surface area contributed by atoms with Gasteiger partial charge in [-0.15, -0.1) is 11.3 Å². The van der Waals surface area contributed by atoms with Crippen LogP contribution in [0.4, 0.5) is 17.1 Å². The molecule has 0 aliphatic rings. The summed E-state index contributed by atoms with van der Waals surface area (Å²) in [6.45, 7) is 0. The van der Waals surface area contributed by atoms with Crippen molar-refractivity contribution in [2.75, 3.05) is 4.90 Å². The van der Waals surface area contributed by atoms with Gasteiger partial charge in [0.25, 0.3) is 0 Å². The molecular weight excluding hydrogens is 733 g/mol. The quantitative estimate of drug-likeness (QED) is 0.164. The number of fused-ring (bicyclic) bond motifs is 8. The summed E-state index contributed by atoms with van der Waals surface area (Å²) in [7, 11) is 0. The number of para-hydroxylation sites is 3. The average Bonchev–Trinajstić information content (AvgIpc) is 3.86. The molecule has 0 aliphatic heterocycles. The van der Waals surface area contributed by atoms with Crippen molar-refractivity contribution >= 4 is 91.9 Å². The van der Waals surface area contributed by atoms with Crippen molar-refractivity contribution in [2.45, 2.75) is 0 Å². The largest absolute Gasteiger partial charge is 0.309 e. The number of anilines is 3. The van der Waals surface area contributed by atoms with Crippen LogP contribution in [-0.2, 0) is 0 Å². The van der Waals surface area contributed by atoms with E-state index in [1.165, 1.54) is 85.8 Å². The fraction of sp³-hybridized carbons (Fsp3) is 0. The summed E-state index contributed by atoms with van der Waals surface area (Å²) in [6.07, 6.45) is 0. The Morgan fingerprint density at radius 3 is 1.75 bits per heavy atom. The van der Waals surface area contributed by atoms with Crippen molar-refractivity contribution in [3.05, 3.63) is 218 Å². The van der Waals surface area contributed by atoms with Gasteiger partial charge in [0.2, 0.25) is 0 Å². The standard InChI is InChI=1S/C56H36N2S/c1-2-15-39-34-40(29-28-37(39)14-1)38-30-32-42(33-31-38)57(53-25-13-27-55-56(53)48-21-8-12-26-54(48)59-55)52-24-11-7-20-47(52)49-36-43(35-41-16-3-4-17-44(41)49)58-50-22-9-5-18-45(50)46-19-6-10-23-51(46)58/h1-36H. The SMILES string of the molecule is c1ccc(N(c2ccc(-c3ccc4ccccc4c3)cc2)c2cccc3sc4ccccc4c23)c(-c2cc(-n3c4ccccc4c4ccccc43)cc3ccccc23)c1. The molecule has 59 heavy (non-hydrogen) atoms. The minimum atomic E-state index is 1.10. The molecule has 0 spiro atoms. The van der Waals surface area contributed by atoms with Crippen LogP contribution in [0.1, 0.15) is 0 Å². The molecule has 0 amide bonds. The number of thiophene rings is 1. The van der Waals surface area contributed by atoms with Crippen LogP contribution in [0.15, 0.2) is 218 Å². The van der Waals surface area contributed by atoms with Gasteiger partial charge in [-0.1, -0.05) is 152 Å². The highest BCUT2D eigenvalue weighted by Gasteiger charge is 2.23. The molecule has 2 heterocycles. The second-order valence-electron chi connectivity index (χ2n) is 15.3. The summed E-state index contributed by atoms with van der Waals surface area (Å²) in [5, 5.41) is 9.98.